The van der Waals surface area contributed by atoms with E-state index in [-0.39, 0.29) is 30.1 Å². The van der Waals surface area contributed by atoms with Gasteiger partial charge in [-0.2, -0.15) is 0 Å². The molecule has 2 heterocycles. The minimum Gasteiger partial charge on any atom is -0.459 e. The summed E-state index contributed by atoms with van der Waals surface area (Å²) in [5.41, 5.74) is 3.49. The quantitative estimate of drug-likeness (QED) is 0.523. The lowest BCUT2D eigenvalue weighted by molar-refractivity contribution is -0.146. The van der Waals surface area contributed by atoms with Crippen molar-refractivity contribution in [3.8, 4) is 11.5 Å². The molecule has 0 bridgehead atoms. The van der Waals surface area contributed by atoms with Crippen LogP contribution in [0.5, 0.6) is 11.5 Å². The zero-order chi connectivity index (χ0) is 23.3. The maximum atomic E-state index is 13.6. The number of dihydropyridines is 1. The second-order valence-corrected chi connectivity index (χ2v) is 11.2. The van der Waals surface area contributed by atoms with Gasteiger partial charge in [-0.05, 0) is 62.1 Å². The number of carbonyl (C=O) groups is 2. The number of esters is 1. The minimum absolute atomic E-state index is 0.0660. The molecule has 1 N–H and O–H groups in total. The molecular formula is C26H30BrNO5. The fourth-order valence-corrected chi connectivity index (χ4v) is 6.12. The van der Waals surface area contributed by atoms with E-state index in [1.165, 1.54) is 6.42 Å². The Hall–Kier alpha value is -2.28. The molecule has 0 saturated heterocycles. The number of Topliss-reactive ketones (excluding diaryl/α,β-unsaturated/α-hetero) is 1. The van der Waals surface area contributed by atoms with Gasteiger partial charge in [0.1, 0.15) is 6.10 Å². The van der Waals surface area contributed by atoms with Crippen LogP contribution >= 0.6 is 15.9 Å². The molecule has 4 aliphatic rings. The van der Waals surface area contributed by atoms with Crippen LogP contribution in [0.1, 0.15) is 77.2 Å². The Morgan fingerprint density at radius 2 is 1.82 bits per heavy atom. The third-order valence-electron chi connectivity index (χ3n) is 7.09. The number of benzene rings is 1. The van der Waals surface area contributed by atoms with Crippen LogP contribution in [-0.2, 0) is 14.3 Å². The number of fused-ring (bicyclic) bond motifs is 1. The summed E-state index contributed by atoms with van der Waals surface area (Å²) in [5, 5.41) is 3.41. The van der Waals surface area contributed by atoms with Gasteiger partial charge in [0.05, 0.1) is 5.57 Å². The third-order valence-corrected chi connectivity index (χ3v) is 7.78. The average molecular weight is 516 g/mol. The summed E-state index contributed by atoms with van der Waals surface area (Å²) in [6.07, 6.45) is 6.25. The number of rotatable bonds is 3. The zero-order valence-electron chi connectivity index (χ0n) is 19.4. The van der Waals surface area contributed by atoms with Crippen LogP contribution in [0.25, 0.3) is 0 Å². The molecule has 176 valence electrons. The van der Waals surface area contributed by atoms with Crippen molar-refractivity contribution in [1.82, 2.24) is 5.32 Å². The predicted octanol–water partition coefficient (Wildman–Crippen LogP) is 5.66. The standard InChI is InChI=1S/C26H30BrNO5/c1-14-22(25(30)33-15-7-5-4-6-8-15)23(16-9-20-21(10-17(16)27)32-13-31-20)24-18(28-14)11-26(2,3)12-19(24)29/h9-10,15,23,28H,4-8,11-13H2,1-3H3. The van der Waals surface area contributed by atoms with Gasteiger partial charge in [0.2, 0.25) is 6.79 Å². The molecule has 1 atom stereocenters. The van der Waals surface area contributed by atoms with E-state index < -0.39 is 5.92 Å². The van der Waals surface area contributed by atoms with Gasteiger partial charge in [0.15, 0.2) is 17.3 Å². The second-order valence-electron chi connectivity index (χ2n) is 10.3. The fraction of sp³-hybridized carbons (Fsp3) is 0.538. The van der Waals surface area contributed by atoms with E-state index in [0.717, 1.165) is 53.5 Å². The molecule has 1 saturated carbocycles. The lowest BCUT2D eigenvalue weighted by atomic mass is 9.68. The third kappa shape index (κ3) is 4.20. The maximum Gasteiger partial charge on any atom is 0.337 e. The first-order valence-corrected chi connectivity index (χ1v) is 12.6. The van der Waals surface area contributed by atoms with Crippen molar-refractivity contribution < 1.29 is 23.8 Å². The number of halogens is 1. The molecule has 6 nitrogen and oxygen atoms in total. The van der Waals surface area contributed by atoms with Crippen molar-refractivity contribution >= 4 is 27.7 Å². The molecule has 0 radical (unpaired) electrons. The number of ketones is 1. The van der Waals surface area contributed by atoms with Gasteiger partial charge in [0, 0.05) is 33.8 Å². The van der Waals surface area contributed by atoms with Crippen LogP contribution in [-0.4, -0.2) is 24.6 Å². The number of nitrogens with one attached hydrogen (secondary N) is 1. The normalized spacial score (nSPS) is 24.5. The zero-order valence-corrected chi connectivity index (χ0v) is 21.0. The monoisotopic (exact) mass is 515 g/mol. The summed E-state index contributed by atoms with van der Waals surface area (Å²) in [5.74, 6) is 0.473. The van der Waals surface area contributed by atoms with Gasteiger partial charge in [0.25, 0.3) is 0 Å². The molecule has 2 aliphatic heterocycles. The minimum atomic E-state index is -0.523. The highest BCUT2D eigenvalue weighted by Crippen LogP contribution is 2.50. The molecule has 1 aromatic carbocycles. The number of carbonyl (C=O) groups excluding carboxylic acids is 2. The second kappa shape index (κ2) is 8.49. The van der Waals surface area contributed by atoms with E-state index in [2.05, 4.69) is 35.1 Å². The molecule has 0 aromatic heterocycles. The summed E-state index contributed by atoms with van der Waals surface area (Å²) >= 11 is 3.67. The molecule has 5 rings (SSSR count). The molecule has 33 heavy (non-hydrogen) atoms. The van der Waals surface area contributed by atoms with Crippen molar-refractivity contribution in [2.75, 3.05) is 6.79 Å². The number of hydrogen-bond acceptors (Lipinski definition) is 6. The van der Waals surface area contributed by atoms with Crippen LogP contribution in [0, 0.1) is 5.41 Å². The molecule has 1 fully saturated rings. The van der Waals surface area contributed by atoms with Crippen molar-refractivity contribution in [2.24, 2.45) is 5.41 Å². The van der Waals surface area contributed by atoms with E-state index in [4.69, 9.17) is 14.2 Å². The Morgan fingerprint density at radius 1 is 1.12 bits per heavy atom. The van der Waals surface area contributed by atoms with Gasteiger partial charge in [-0.15, -0.1) is 0 Å². The van der Waals surface area contributed by atoms with Crippen molar-refractivity contribution in [2.45, 2.75) is 77.7 Å². The van der Waals surface area contributed by atoms with Crippen LogP contribution in [0.2, 0.25) is 0 Å². The van der Waals surface area contributed by atoms with Gasteiger partial charge in [-0.25, -0.2) is 4.79 Å². The first kappa shape index (κ1) is 22.5. The largest absolute Gasteiger partial charge is 0.459 e. The molecule has 0 spiro atoms. The number of ether oxygens (including phenoxy) is 3. The molecule has 1 unspecified atom stereocenters. The van der Waals surface area contributed by atoms with Gasteiger partial charge < -0.3 is 19.5 Å². The Balaban J connectivity index is 1.60. The Morgan fingerprint density at radius 3 is 2.55 bits per heavy atom. The van der Waals surface area contributed by atoms with Crippen LogP contribution in [0.15, 0.2) is 39.1 Å². The van der Waals surface area contributed by atoms with Crippen LogP contribution < -0.4 is 14.8 Å². The Bertz CT molecular complexity index is 1080. The Labute approximate surface area is 202 Å². The Kier molecular flexibility index (Phi) is 5.79. The highest BCUT2D eigenvalue weighted by atomic mass is 79.9. The van der Waals surface area contributed by atoms with Crippen LogP contribution in [0.3, 0.4) is 0 Å². The van der Waals surface area contributed by atoms with E-state index in [1.807, 2.05) is 19.1 Å². The molecular weight excluding hydrogens is 486 g/mol. The van der Waals surface area contributed by atoms with E-state index in [9.17, 15) is 9.59 Å². The van der Waals surface area contributed by atoms with Crippen molar-refractivity contribution in [3.05, 3.63) is 44.7 Å². The predicted molar refractivity (Wildman–Crippen MR) is 127 cm³/mol. The fourth-order valence-electron chi connectivity index (χ4n) is 5.57. The van der Waals surface area contributed by atoms with E-state index in [1.54, 1.807) is 0 Å². The number of hydrogen-bond donors (Lipinski definition) is 1. The lowest BCUT2D eigenvalue weighted by Gasteiger charge is -2.40. The highest BCUT2D eigenvalue weighted by molar-refractivity contribution is 9.10. The molecule has 2 aliphatic carbocycles. The van der Waals surface area contributed by atoms with Gasteiger partial charge in [-0.3, -0.25) is 4.79 Å². The summed E-state index contributed by atoms with van der Waals surface area (Å²) in [6.45, 7) is 6.27. The maximum absolute atomic E-state index is 13.6. The van der Waals surface area contributed by atoms with Gasteiger partial charge in [-0.1, -0.05) is 36.2 Å². The number of allylic oxidation sites excluding steroid dienone is 3. The van der Waals surface area contributed by atoms with E-state index in [0.29, 0.717) is 29.1 Å². The smallest absolute Gasteiger partial charge is 0.337 e. The first-order valence-electron chi connectivity index (χ1n) is 11.8. The molecule has 1 aromatic rings. The topological polar surface area (TPSA) is 73.9 Å². The van der Waals surface area contributed by atoms with E-state index >= 15 is 0 Å². The summed E-state index contributed by atoms with van der Waals surface area (Å²) in [6, 6.07) is 3.75. The van der Waals surface area contributed by atoms with Crippen LogP contribution in [0.4, 0.5) is 0 Å². The first-order chi connectivity index (χ1) is 15.7. The highest BCUT2D eigenvalue weighted by Gasteiger charge is 2.44. The molecule has 7 heteroatoms. The summed E-state index contributed by atoms with van der Waals surface area (Å²) < 4.78 is 17.9. The van der Waals surface area contributed by atoms with Gasteiger partial charge >= 0.3 is 5.97 Å². The summed E-state index contributed by atoms with van der Waals surface area (Å²) in [4.78, 5) is 27.1. The van der Waals surface area contributed by atoms with Crippen molar-refractivity contribution in [3.63, 3.8) is 0 Å². The molecule has 0 amide bonds. The SMILES string of the molecule is CC1=C(C(=O)OC2CCCCC2)C(c2cc3c(cc2Br)OCO3)C2=C(CC(C)(C)CC2=O)N1. The van der Waals surface area contributed by atoms with Crippen molar-refractivity contribution in [1.29, 1.82) is 0 Å². The summed E-state index contributed by atoms with van der Waals surface area (Å²) in [7, 11) is 0. The average Bonchev–Trinajstić information content (AvgIpc) is 3.19. The lowest BCUT2D eigenvalue weighted by Crippen LogP contribution is -2.39.